The summed E-state index contributed by atoms with van der Waals surface area (Å²) < 4.78 is 0. The molecule has 0 saturated heterocycles. The number of hydrogen-bond acceptors (Lipinski definition) is 0. The highest BCUT2D eigenvalue weighted by atomic mass is 28.3. The second-order valence-electron chi connectivity index (χ2n) is 10.1. The maximum atomic E-state index is 4.08. The summed E-state index contributed by atoms with van der Waals surface area (Å²) in [5, 5.41) is 5.74. The maximum absolute atomic E-state index is 4.08. The molecular weight excluding hydrogens is 448 g/mol. The Kier molecular flexibility index (Phi) is 6.11. The lowest BCUT2D eigenvalue weighted by Crippen LogP contribution is -2.50. The van der Waals surface area contributed by atoms with Crippen LogP contribution in [0.2, 0.25) is 5.54 Å². The van der Waals surface area contributed by atoms with Crippen LogP contribution in [-0.4, -0.2) is 8.07 Å². The minimum absolute atomic E-state index is 0.615. The molecule has 0 nitrogen and oxygen atoms in total. The van der Waals surface area contributed by atoms with E-state index in [1.807, 2.05) is 6.07 Å². The summed E-state index contributed by atoms with van der Waals surface area (Å²) in [5.74, 6) is 10.8. The molecule has 0 bridgehead atoms. The fourth-order valence-electron chi connectivity index (χ4n) is 6.36. The molecule has 1 saturated carbocycles. The fourth-order valence-corrected chi connectivity index (χ4v) is 11.9. The van der Waals surface area contributed by atoms with E-state index in [2.05, 4.69) is 121 Å². The highest BCUT2D eigenvalue weighted by molar-refractivity contribution is 7.15. The molecule has 1 aliphatic heterocycles. The predicted molar refractivity (Wildman–Crippen MR) is 155 cm³/mol. The van der Waals surface area contributed by atoms with Gasteiger partial charge in [-0.1, -0.05) is 123 Å². The lowest BCUT2D eigenvalue weighted by Gasteiger charge is -2.37. The molecule has 1 unspecified atom stereocenters. The summed E-state index contributed by atoms with van der Waals surface area (Å²) in [6.07, 6.45) is 6.49. The third kappa shape index (κ3) is 3.91. The first-order chi connectivity index (χ1) is 17.8. The third-order valence-electron chi connectivity index (χ3n) is 7.93. The molecule has 0 N–H and O–H groups in total. The first-order valence-electron chi connectivity index (χ1n) is 13.2. The smallest absolute Gasteiger partial charge is 0.114 e. The van der Waals surface area contributed by atoms with Crippen molar-refractivity contribution in [2.75, 3.05) is 0 Å². The fraction of sp³-hybridized carbons (Fsp3) is 0.200. The summed E-state index contributed by atoms with van der Waals surface area (Å²) >= 11 is 0. The summed E-state index contributed by atoms with van der Waals surface area (Å²) in [6.45, 7) is 2.24. The molecule has 4 aromatic rings. The van der Waals surface area contributed by atoms with Crippen molar-refractivity contribution >= 4 is 29.2 Å². The van der Waals surface area contributed by atoms with Crippen LogP contribution in [0.5, 0.6) is 0 Å². The van der Waals surface area contributed by atoms with Gasteiger partial charge in [0.2, 0.25) is 8.07 Å². The van der Waals surface area contributed by atoms with Gasteiger partial charge in [0.25, 0.3) is 0 Å². The Balaban J connectivity index is 1.65. The molecule has 0 aromatic heterocycles. The van der Waals surface area contributed by atoms with Gasteiger partial charge in [-0.15, -0.1) is 5.54 Å². The van der Waals surface area contributed by atoms with Crippen LogP contribution in [0.4, 0.5) is 0 Å². The van der Waals surface area contributed by atoms with Gasteiger partial charge >= 0.3 is 0 Å². The molecule has 1 atom stereocenters. The Morgan fingerprint density at radius 3 is 2.03 bits per heavy atom. The average molecular weight is 479 g/mol. The van der Waals surface area contributed by atoms with Crippen LogP contribution in [0, 0.1) is 23.3 Å². The van der Waals surface area contributed by atoms with Gasteiger partial charge in [-0.05, 0) is 63.4 Å². The molecule has 1 aliphatic carbocycles. The highest BCUT2D eigenvalue weighted by Gasteiger charge is 2.52. The van der Waals surface area contributed by atoms with E-state index >= 15 is 0 Å². The molecule has 0 spiro atoms. The van der Waals surface area contributed by atoms with Gasteiger partial charge in [0, 0.05) is 16.7 Å². The van der Waals surface area contributed by atoms with Gasteiger partial charge in [-0.3, -0.25) is 0 Å². The highest BCUT2D eigenvalue weighted by Crippen LogP contribution is 2.49. The zero-order valence-electron chi connectivity index (χ0n) is 20.9. The second-order valence-corrected chi connectivity index (χ2v) is 13.8. The third-order valence-corrected chi connectivity index (χ3v) is 13.0. The van der Waals surface area contributed by atoms with Gasteiger partial charge < -0.3 is 0 Å². The topological polar surface area (TPSA) is 0 Å². The Bertz CT molecular complexity index is 1560. The summed E-state index contributed by atoms with van der Waals surface area (Å²) in [6, 6.07) is 34.6. The van der Waals surface area contributed by atoms with Crippen molar-refractivity contribution in [2.24, 2.45) is 0 Å². The largest absolute Gasteiger partial charge is 0.204 e. The number of hydrogen-bond donors (Lipinski definition) is 0. The standard InChI is InChI=1S/C35H30Si/c1-27(23-24-28-13-5-2-6-14-28)35-32-21-11-17-30-18-12-22-33(34(30)32)36(35,31-19-9-4-10-20-31)26-25-29-15-7-3-8-16-29/h2-3,5-8,11-18,21-22,31H,4,9-10,19-20H2,1H3/b35-27-. The van der Waals surface area contributed by atoms with Crippen LogP contribution in [0.25, 0.3) is 16.0 Å². The van der Waals surface area contributed by atoms with E-state index < -0.39 is 8.07 Å². The zero-order chi connectivity index (χ0) is 24.4. The van der Waals surface area contributed by atoms with Crippen molar-refractivity contribution in [1.29, 1.82) is 0 Å². The van der Waals surface area contributed by atoms with E-state index in [0.29, 0.717) is 5.54 Å². The Hall–Kier alpha value is -3.78. The molecule has 174 valence electrons. The Morgan fingerprint density at radius 2 is 1.33 bits per heavy atom. The minimum atomic E-state index is -2.43. The maximum Gasteiger partial charge on any atom is 0.204 e. The van der Waals surface area contributed by atoms with Gasteiger partial charge in [0.15, 0.2) is 0 Å². The van der Waals surface area contributed by atoms with Gasteiger partial charge in [-0.2, -0.15) is 0 Å². The van der Waals surface area contributed by atoms with Crippen molar-refractivity contribution in [2.45, 2.75) is 44.6 Å². The van der Waals surface area contributed by atoms with E-state index in [9.17, 15) is 0 Å². The van der Waals surface area contributed by atoms with Gasteiger partial charge in [-0.25, -0.2) is 0 Å². The lowest BCUT2D eigenvalue weighted by molar-refractivity contribution is 0.497. The van der Waals surface area contributed by atoms with E-state index in [0.717, 1.165) is 11.1 Å². The van der Waals surface area contributed by atoms with Crippen molar-refractivity contribution < 1.29 is 0 Å². The quantitative estimate of drug-likeness (QED) is 0.193. The predicted octanol–water partition coefficient (Wildman–Crippen LogP) is 7.80. The van der Waals surface area contributed by atoms with E-state index in [-0.39, 0.29) is 0 Å². The van der Waals surface area contributed by atoms with Gasteiger partial charge in [0.1, 0.15) is 0 Å². The minimum Gasteiger partial charge on any atom is -0.114 e. The molecular formula is C35H30Si. The molecule has 0 radical (unpaired) electrons. The van der Waals surface area contributed by atoms with Crippen LogP contribution >= 0.6 is 0 Å². The van der Waals surface area contributed by atoms with Crippen molar-refractivity contribution in [3.05, 3.63) is 119 Å². The van der Waals surface area contributed by atoms with Gasteiger partial charge in [0.05, 0.1) is 0 Å². The molecule has 36 heavy (non-hydrogen) atoms. The first-order valence-corrected chi connectivity index (χ1v) is 15.2. The van der Waals surface area contributed by atoms with E-state index in [1.165, 1.54) is 64.4 Å². The molecule has 1 heterocycles. The molecule has 1 fully saturated rings. The van der Waals surface area contributed by atoms with Crippen LogP contribution in [0.1, 0.15) is 55.7 Å². The SMILES string of the molecule is C/C(C#Cc1ccccc1)=C1\c2cccc3cccc(c23)[Si]1(C#Cc1ccccc1)C1CCCCC1. The van der Waals surface area contributed by atoms with E-state index in [1.54, 1.807) is 0 Å². The zero-order valence-corrected chi connectivity index (χ0v) is 21.9. The van der Waals surface area contributed by atoms with Crippen LogP contribution in [0.15, 0.2) is 103 Å². The first kappa shape index (κ1) is 22.7. The summed E-state index contributed by atoms with van der Waals surface area (Å²) in [4.78, 5) is 0. The monoisotopic (exact) mass is 478 g/mol. The molecule has 4 aromatic carbocycles. The van der Waals surface area contributed by atoms with Crippen molar-refractivity contribution in [3.63, 3.8) is 0 Å². The van der Waals surface area contributed by atoms with Crippen molar-refractivity contribution in [1.82, 2.24) is 0 Å². The van der Waals surface area contributed by atoms with Crippen molar-refractivity contribution in [3.8, 4) is 23.3 Å². The molecule has 2 aliphatic rings. The summed E-state index contributed by atoms with van der Waals surface area (Å²) in [5.41, 5.74) is 9.44. The number of benzene rings is 4. The van der Waals surface area contributed by atoms with Crippen LogP contribution in [-0.2, 0) is 0 Å². The normalized spacial score (nSPS) is 20.2. The average Bonchev–Trinajstić information content (AvgIpc) is 3.24. The number of rotatable bonds is 1. The van der Waals surface area contributed by atoms with Crippen LogP contribution < -0.4 is 5.19 Å². The Labute approximate surface area is 216 Å². The molecule has 1 heteroatoms. The summed E-state index contributed by atoms with van der Waals surface area (Å²) in [7, 11) is -2.43. The number of allylic oxidation sites excluding steroid dienone is 1. The lowest BCUT2D eigenvalue weighted by atomic mass is 10.0. The Morgan fingerprint density at radius 1 is 0.694 bits per heavy atom. The van der Waals surface area contributed by atoms with E-state index in [4.69, 9.17) is 0 Å². The second kappa shape index (κ2) is 9.70. The van der Waals surface area contributed by atoms with Crippen LogP contribution in [0.3, 0.4) is 0 Å². The molecule has 0 amide bonds. The molecule has 6 rings (SSSR count).